The number of halogens is 8. The van der Waals surface area contributed by atoms with Gasteiger partial charge in [-0.1, -0.05) is 0 Å². The minimum absolute atomic E-state index is 0. The Kier molecular flexibility index (Phi) is 10.7. The fourth-order valence-corrected chi connectivity index (χ4v) is 6.14. The lowest BCUT2D eigenvalue weighted by molar-refractivity contribution is -0.143. The predicted molar refractivity (Wildman–Crippen MR) is 167 cm³/mol. The summed E-state index contributed by atoms with van der Waals surface area (Å²) in [6, 6.07) is 5.05. The largest absolute Gasteiger partial charge is 0.416 e. The minimum Gasteiger partial charge on any atom is -0.394 e. The van der Waals surface area contributed by atoms with E-state index in [9.17, 15) is 40.6 Å². The van der Waals surface area contributed by atoms with Crippen LogP contribution in [0.2, 0.25) is 0 Å². The highest BCUT2D eigenvalue weighted by Gasteiger charge is 2.42. The normalized spacial score (nSPS) is 19.0. The van der Waals surface area contributed by atoms with Crippen LogP contribution in [0.25, 0.3) is 11.1 Å². The number of rotatable bonds is 6. The fraction of sp³-hybridized carbons (Fsp3) is 0.469. The number of benzene rings is 1. The van der Waals surface area contributed by atoms with E-state index in [1.165, 1.54) is 33.2 Å². The molecule has 0 radical (unpaired) electrons. The Morgan fingerprint density at radius 3 is 2.21 bits per heavy atom. The molecule has 3 aromatic rings. The molecule has 0 saturated carbocycles. The number of fused-ring (bicyclic) bond motifs is 1. The Morgan fingerprint density at radius 1 is 1.00 bits per heavy atom. The molecule has 2 aromatic heterocycles. The number of carbonyl (C=O) groups is 1. The average molecular weight is 706 g/mol. The number of nitrogens with zero attached hydrogens (tertiary/aromatic N) is 5. The number of carbonyl (C=O) groups excluding carboxylic acids is 1. The van der Waals surface area contributed by atoms with E-state index < -0.39 is 46.3 Å². The van der Waals surface area contributed by atoms with Crippen molar-refractivity contribution in [3.8, 4) is 11.1 Å². The zero-order valence-corrected chi connectivity index (χ0v) is 27.3. The van der Waals surface area contributed by atoms with Crippen LogP contribution in [0, 0.1) is 12.9 Å². The molecule has 4 heterocycles. The summed E-state index contributed by atoms with van der Waals surface area (Å²) >= 11 is 0. The van der Waals surface area contributed by atoms with Crippen LogP contribution in [0.1, 0.15) is 36.2 Å². The van der Waals surface area contributed by atoms with Gasteiger partial charge in [-0.3, -0.25) is 9.69 Å². The SMILES string of the molecule is Cc1nc(F)ccc1-c1cc(N2C[C@H]3COCCN3C[C@H]2CO)ncc1N(C)C(=O)C(C)(C)c1cc(C(F)(F)F)cc(C(F)(F)F)c1.Cl. The molecule has 2 atom stereocenters. The van der Waals surface area contributed by atoms with Gasteiger partial charge >= 0.3 is 12.4 Å². The van der Waals surface area contributed by atoms with E-state index in [1.54, 1.807) is 13.0 Å². The smallest absolute Gasteiger partial charge is 0.394 e. The number of pyridine rings is 2. The molecule has 0 spiro atoms. The molecule has 8 nitrogen and oxygen atoms in total. The topological polar surface area (TPSA) is 82.0 Å². The van der Waals surface area contributed by atoms with Gasteiger partial charge < -0.3 is 19.6 Å². The van der Waals surface area contributed by atoms with Crippen molar-refractivity contribution in [2.45, 2.75) is 50.6 Å². The number of likely N-dealkylation sites (N-methyl/N-ethyl adjacent to an activating group) is 1. The molecule has 1 amide bonds. The van der Waals surface area contributed by atoms with Crippen LogP contribution in [-0.2, 0) is 27.3 Å². The van der Waals surface area contributed by atoms with Crippen LogP contribution in [0.3, 0.4) is 0 Å². The number of piperazine rings is 1. The highest BCUT2D eigenvalue weighted by molar-refractivity contribution is 6.03. The van der Waals surface area contributed by atoms with Crippen LogP contribution in [0.15, 0.2) is 42.6 Å². The molecule has 2 aliphatic heterocycles. The molecule has 5 rings (SSSR count). The molecular weight excluding hydrogens is 671 g/mol. The number of alkyl halides is 6. The molecule has 2 aliphatic rings. The van der Waals surface area contributed by atoms with Crippen molar-refractivity contribution in [3.63, 3.8) is 0 Å². The first kappa shape index (κ1) is 37.3. The summed E-state index contributed by atoms with van der Waals surface area (Å²) in [5.41, 5.74) is -4.22. The van der Waals surface area contributed by atoms with Gasteiger partial charge in [-0.2, -0.15) is 30.7 Å². The van der Waals surface area contributed by atoms with Gasteiger partial charge in [0, 0.05) is 43.5 Å². The maximum Gasteiger partial charge on any atom is 0.416 e. The molecule has 262 valence electrons. The first-order chi connectivity index (χ1) is 21.9. The first-order valence-electron chi connectivity index (χ1n) is 14.8. The van der Waals surface area contributed by atoms with Crippen molar-refractivity contribution in [1.82, 2.24) is 14.9 Å². The van der Waals surface area contributed by atoms with E-state index in [0.29, 0.717) is 61.9 Å². The molecular formula is C32H35ClF7N5O3. The summed E-state index contributed by atoms with van der Waals surface area (Å²) < 4.78 is 102. The van der Waals surface area contributed by atoms with Crippen molar-refractivity contribution in [2.24, 2.45) is 0 Å². The van der Waals surface area contributed by atoms with E-state index in [-0.39, 0.29) is 48.5 Å². The maximum atomic E-state index is 14.1. The lowest BCUT2D eigenvalue weighted by atomic mass is 9.81. The Morgan fingerprint density at radius 2 is 1.62 bits per heavy atom. The molecule has 2 saturated heterocycles. The van der Waals surface area contributed by atoms with Gasteiger partial charge in [0.25, 0.3) is 0 Å². The minimum atomic E-state index is -5.09. The molecule has 1 aromatic carbocycles. The number of anilines is 2. The van der Waals surface area contributed by atoms with Crippen molar-refractivity contribution in [2.75, 3.05) is 56.3 Å². The first-order valence-corrected chi connectivity index (χ1v) is 14.8. The molecule has 48 heavy (non-hydrogen) atoms. The number of aryl methyl sites for hydroxylation is 1. The Balaban J connectivity index is 0.00000520. The lowest BCUT2D eigenvalue weighted by Gasteiger charge is -2.48. The van der Waals surface area contributed by atoms with Crippen molar-refractivity contribution in [1.29, 1.82) is 0 Å². The van der Waals surface area contributed by atoms with Gasteiger partial charge in [0.2, 0.25) is 11.9 Å². The van der Waals surface area contributed by atoms with E-state index in [4.69, 9.17) is 4.74 Å². The van der Waals surface area contributed by atoms with Gasteiger partial charge in [-0.15, -0.1) is 12.4 Å². The predicted octanol–water partition coefficient (Wildman–Crippen LogP) is 5.87. The van der Waals surface area contributed by atoms with Crippen molar-refractivity contribution >= 4 is 29.8 Å². The van der Waals surface area contributed by atoms with Gasteiger partial charge in [-0.25, -0.2) is 9.97 Å². The summed E-state index contributed by atoms with van der Waals surface area (Å²) in [7, 11) is 1.34. The Labute approximate surface area is 278 Å². The molecule has 0 aliphatic carbocycles. The second-order valence-corrected chi connectivity index (χ2v) is 12.3. The summed E-state index contributed by atoms with van der Waals surface area (Å²) in [6.07, 6.45) is -8.82. The zero-order valence-electron chi connectivity index (χ0n) is 26.5. The molecule has 16 heteroatoms. The Hall–Kier alpha value is -3.53. The van der Waals surface area contributed by atoms with Crippen LogP contribution in [0.4, 0.5) is 42.2 Å². The van der Waals surface area contributed by atoms with Crippen LogP contribution < -0.4 is 9.80 Å². The van der Waals surface area contributed by atoms with E-state index >= 15 is 0 Å². The number of aliphatic hydroxyl groups excluding tert-OH is 1. The van der Waals surface area contributed by atoms with E-state index in [2.05, 4.69) is 14.9 Å². The van der Waals surface area contributed by atoms with Crippen molar-refractivity contribution in [3.05, 3.63) is 70.9 Å². The van der Waals surface area contributed by atoms with Gasteiger partial charge in [-0.05, 0) is 62.7 Å². The van der Waals surface area contributed by atoms with Gasteiger partial charge in [0.05, 0.1) is 60.3 Å². The molecule has 0 bridgehead atoms. The number of morpholine rings is 1. The Bertz CT molecular complexity index is 1620. The quantitative estimate of drug-likeness (QED) is 0.254. The van der Waals surface area contributed by atoms with Gasteiger partial charge in [0.1, 0.15) is 5.82 Å². The second kappa shape index (κ2) is 13.8. The third kappa shape index (κ3) is 7.38. The number of ether oxygens (including phenoxy) is 1. The number of hydrogen-bond donors (Lipinski definition) is 1. The second-order valence-electron chi connectivity index (χ2n) is 12.3. The molecule has 1 N–H and O–H groups in total. The number of aliphatic hydroxyl groups is 1. The maximum absolute atomic E-state index is 14.1. The third-order valence-electron chi connectivity index (χ3n) is 8.87. The highest BCUT2D eigenvalue weighted by Crippen LogP contribution is 2.41. The number of aromatic nitrogens is 2. The average Bonchev–Trinajstić information content (AvgIpc) is 3.02. The number of amides is 1. The summed E-state index contributed by atoms with van der Waals surface area (Å²) in [5.74, 6) is -1.13. The zero-order chi connectivity index (χ0) is 34.5. The third-order valence-corrected chi connectivity index (χ3v) is 8.87. The van der Waals surface area contributed by atoms with Gasteiger partial charge in [0.15, 0.2) is 0 Å². The highest BCUT2D eigenvalue weighted by atomic mass is 35.5. The van der Waals surface area contributed by atoms with Crippen LogP contribution in [0.5, 0.6) is 0 Å². The standard InChI is InChI=1S/C32H34F7N5O3.ClH/c1-18-24(5-6-27(33)41-18)25-12-28(44-15-23-17-47-8-7-43(23)14-22(44)16-45)40-13-26(25)42(4)29(46)30(2,3)19-9-20(31(34,35)36)11-21(10-19)32(37,38)39;/h5-6,9-13,22-23,45H,7-8,14-17H2,1-4H3;1H/t22-,23-;/m0./s1. The monoisotopic (exact) mass is 705 g/mol. The van der Waals surface area contributed by atoms with Crippen LogP contribution in [-0.4, -0.2) is 84.5 Å². The summed E-state index contributed by atoms with van der Waals surface area (Å²) in [4.78, 5) is 27.8. The van der Waals surface area contributed by atoms with E-state index in [1.807, 2.05) is 4.90 Å². The van der Waals surface area contributed by atoms with Crippen molar-refractivity contribution < 1.29 is 45.4 Å². The molecule has 0 unspecified atom stereocenters. The lowest BCUT2D eigenvalue weighted by Crippen LogP contribution is -2.63. The van der Waals surface area contributed by atoms with Crippen LogP contribution >= 0.6 is 12.4 Å². The number of hydrogen-bond acceptors (Lipinski definition) is 7. The fourth-order valence-electron chi connectivity index (χ4n) is 6.14. The summed E-state index contributed by atoms with van der Waals surface area (Å²) in [6.45, 7) is 6.66. The summed E-state index contributed by atoms with van der Waals surface area (Å²) in [5, 5.41) is 10.3. The van der Waals surface area contributed by atoms with E-state index in [0.717, 1.165) is 11.0 Å². The molecule has 2 fully saturated rings.